The minimum Gasteiger partial charge on any atom is -0.266 e. The van der Waals surface area contributed by atoms with Gasteiger partial charge in [0.25, 0.3) is 10.1 Å². The monoisotopic (exact) mass is 308 g/mol. The van der Waals surface area contributed by atoms with E-state index in [1.165, 1.54) is 5.57 Å². The van der Waals surface area contributed by atoms with E-state index in [9.17, 15) is 8.42 Å². The fourth-order valence-corrected chi connectivity index (χ4v) is 3.81. The van der Waals surface area contributed by atoms with Gasteiger partial charge in [-0.25, -0.2) is 0 Å². The van der Waals surface area contributed by atoms with Crippen LogP contribution < -0.4 is 0 Å². The Kier molecular flexibility index (Phi) is 4.59. The van der Waals surface area contributed by atoms with Gasteiger partial charge in [0, 0.05) is 5.92 Å². The first-order valence-electron chi connectivity index (χ1n) is 7.35. The topological polar surface area (TPSA) is 43.4 Å². The molecule has 0 spiro atoms. The zero-order chi connectivity index (χ0) is 15.7. The average Bonchev–Trinajstić information content (AvgIpc) is 2.37. The van der Waals surface area contributed by atoms with Crippen molar-refractivity contribution < 1.29 is 12.6 Å². The smallest absolute Gasteiger partial charge is 0.266 e. The van der Waals surface area contributed by atoms with Crippen LogP contribution in [0.25, 0.3) is 0 Å². The molecule has 0 radical (unpaired) electrons. The van der Waals surface area contributed by atoms with Crippen molar-refractivity contribution in [1.29, 1.82) is 0 Å². The maximum atomic E-state index is 12.3. The number of aryl methyl sites for hydroxylation is 1. The first-order chi connectivity index (χ1) is 9.72. The largest absolute Gasteiger partial charge is 0.296 e. The fourth-order valence-electron chi connectivity index (χ4n) is 2.89. The minimum absolute atomic E-state index is 0.0711. The summed E-state index contributed by atoms with van der Waals surface area (Å²) in [7, 11) is -3.68. The Morgan fingerprint density at radius 2 is 1.81 bits per heavy atom. The summed E-state index contributed by atoms with van der Waals surface area (Å²) in [6, 6.07) is 6.76. The third-order valence-electron chi connectivity index (χ3n) is 4.45. The van der Waals surface area contributed by atoms with Gasteiger partial charge in [-0.2, -0.15) is 8.42 Å². The summed E-state index contributed by atoms with van der Waals surface area (Å²) in [5.74, 6) is 0.145. The van der Waals surface area contributed by atoms with Gasteiger partial charge in [-0.15, -0.1) is 0 Å². The van der Waals surface area contributed by atoms with Crippen LogP contribution in [0.5, 0.6) is 0 Å². The van der Waals surface area contributed by atoms with E-state index in [0.29, 0.717) is 0 Å². The molecular weight excluding hydrogens is 284 g/mol. The van der Waals surface area contributed by atoms with Crippen molar-refractivity contribution in [2.75, 3.05) is 6.61 Å². The summed E-state index contributed by atoms with van der Waals surface area (Å²) >= 11 is 0. The third kappa shape index (κ3) is 3.74. The molecule has 1 aliphatic rings. The van der Waals surface area contributed by atoms with E-state index in [0.717, 1.165) is 18.4 Å². The molecule has 1 aromatic rings. The molecule has 21 heavy (non-hydrogen) atoms. The molecule has 0 saturated carbocycles. The second-order valence-electron chi connectivity index (χ2n) is 6.58. The maximum absolute atomic E-state index is 12.3. The molecule has 0 amide bonds. The first-order valence-corrected chi connectivity index (χ1v) is 8.76. The highest BCUT2D eigenvalue weighted by molar-refractivity contribution is 7.86. The van der Waals surface area contributed by atoms with Crippen LogP contribution >= 0.6 is 0 Å². The van der Waals surface area contributed by atoms with Gasteiger partial charge in [-0.05, 0) is 44.2 Å². The van der Waals surface area contributed by atoms with Crippen molar-refractivity contribution in [3.05, 3.63) is 41.5 Å². The quantitative estimate of drug-likeness (QED) is 0.622. The van der Waals surface area contributed by atoms with Crippen molar-refractivity contribution in [3.8, 4) is 0 Å². The Labute approximate surface area is 128 Å². The van der Waals surface area contributed by atoms with Gasteiger partial charge < -0.3 is 0 Å². The molecule has 1 aromatic carbocycles. The summed E-state index contributed by atoms with van der Waals surface area (Å²) in [6.45, 7) is 8.56. The summed E-state index contributed by atoms with van der Waals surface area (Å²) in [5.41, 5.74) is 2.33. The van der Waals surface area contributed by atoms with Crippen molar-refractivity contribution >= 4 is 10.1 Å². The zero-order valence-electron chi connectivity index (χ0n) is 13.2. The van der Waals surface area contributed by atoms with Crippen LogP contribution in [-0.4, -0.2) is 15.0 Å². The van der Waals surface area contributed by atoms with Crippen LogP contribution in [-0.2, 0) is 14.3 Å². The standard InChI is InChI=1S/C17H24O3S/c1-13-7-9-15(10-8-13)21(18,19)20-12-16-14(2)6-5-11-17(16,3)4/h6-10,16H,5,11-12H2,1-4H3. The highest BCUT2D eigenvalue weighted by Crippen LogP contribution is 2.41. The number of allylic oxidation sites excluding steroid dienone is 1. The highest BCUT2D eigenvalue weighted by Gasteiger charge is 2.34. The van der Waals surface area contributed by atoms with Crippen LogP contribution in [0.1, 0.15) is 39.2 Å². The molecule has 0 heterocycles. The molecule has 0 N–H and O–H groups in total. The third-order valence-corrected chi connectivity index (χ3v) is 5.74. The Morgan fingerprint density at radius 3 is 2.38 bits per heavy atom. The first kappa shape index (κ1) is 16.2. The summed E-state index contributed by atoms with van der Waals surface area (Å²) in [5, 5.41) is 0. The molecule has 4 heteroatoms. The molecule has 1 aliphatic carbocycles. The highest BCUT2D eigenvalue weighted by atomic mass is 32.2. The number of hydrogen-bond donors (Lipinski definition) is 0. The molecule has 3 nitrogen and oxygen atoms in total. The average molecular weight is 308 g/mol. The number of benzene rings is 1. The summed E-state index contributed by atoms with van der Waals surface area (Å²) < 4.78 is 29.9. The fraction of sp³-hybridized carbons (Fsp3) is 0.529. The van der Waals surface area contributed by atoms with Gasteiger partial charge in [0.15, 0.2) is 0 Å². The number of hydrogen-bond acceptors (Lipinski definition) is 3. The molecule has 116 valence electrons. The van der Waals surface area contributed by atoms with Gasteiger partial charge >= 0.3 is 0 Å². The summed E-state index contributed by atoms with van der Waals surface area (Å²) in [6.07, 6.45) is 4.31. The molecule has 0 bridgehead atoms. The molecule has 0 aromatic heterocycles. The Morgan fingerprint density at radius 1 is 1.19 bits per heavy atom. The molecule has 1 unspecified atom stereocenters. The molecule has 0 aliphatic heterocycles. The van der Waals surface area contributed by atoms with Crippen LogP contribution in [0, 0.1) is 18.3 Å². The van der Waals surface area contributed by atoms with Crippen LogP contribution in [0.15, 0.2) is 40.8 Å². The van der Waals surface area contributed by atoms with Crippen molar-refractivity contribution in [3.63, 3.8) is 0 Å². The molecule has 2 rings (SSSR count). The minimum atomic E-state index is -3.68. The van der Waals surface area contributed by atoms with E-state index in [4.69, 9.17) is 4.18 Å². The predicted octanol–water partition coefficient (Wildman–Crippen LogP) is 4.08. The lowest BCUT2D eigenvalue weighted by Gasteiger charge is -2.38. The van der Waals surface area contributed by atoms with Gasteiger partial charge in [-0.3, -0.25) is 4.18 Å². The molecule has 1 atom stereocenters. The maximum Gasteiger partial charge on any atom is 0.296 e. The van der Waals surface area contributed by atoms with E-state index in [1.807, 2.05) is 6.92 Å². The van der Waals surface area contributed by atoms with E-state index >= 15 is 0 Å². The summed E-state index contributed by atoms with van der Waals surface area (Å²) in [4.78, 5) is 0.225. The van der Waals surface area contributed by atoms with Gasteiger partial charge in [-0.1, -0.05) is 43.2 Å². The van der Waals surface area contributed by atoms with Gasteiger partial charge in [0.05, 0.1) is 11.5 Å². The number of rotatable bonds is 4. The lowest BCUT2D eigenvalue weighted by atomic mass is 9.69. The molecular formula is C17H24O3S. The van der Waals surface area contributed by atoms with Crippen LogP contribution in [0.4, 0.5) is 0 Å². The molecule has 0 fully saturated rings. The van der Waals surface area contributed by atoms with E-state index in [-0.39, 0.29) is 22.8 Å². The lowest BCUT2D eigenvalue weighted by molar-refractivity contribution is 0.145. The van der Waals surface area contributed by atoms with Crippen molar-refractivity contribution in [2.24, 2.45) is 11.3 Å². The Hall–Kier alpha value is -1.13. The second kappa shape index (κ2) is 5.93. The second-order valence-corrected chi connectivity index (χ2v) is 8.20. The van der Waals surface area contributed by atoms with Gasteiger partial charge in [0.2, 0.25) is 0 Å². The van der Waals surface area contributed by atoms with Gasteiger partial charge in [0.1, 0.15) is 0 Å². The van der Waals surface area contributed by atoms with Crippen LogP contribution in [0.3, 0.4) is 0 Å². The SMILES string of the molecule is CC1=CCCC(C)(C)C1COS(=O)(=O)c1ccc(C)cc1. The van der Waals surface area contributed by atoms with E-state index in [2.05, 4.69) is 26.8 Å². The van der Waals surface area contributed by atoms with E-state index in [1.54, 1.807) is 24.3 Å². The Balaban J connectivity index is 2.13. The Bertz CT molecular complexity index is 625. The zero-order valence-corrected chi connectivity index (χ0v) is 14.0. The predicted molar refractivity (Wildman–Crippen MR) is 84.6 cm³/mol. The van der Waals surface area contributed by atoms with Crippen LogP contribution in [0.2, 0.25) is 0 Å². The van der Waals surface area contributed by atoms with Crippen molar-refractivity contribution in [1.82, 2.24) is 0 Å². The lowest BCUT2D eigenvalue weighted by Crippen LogP contribution is -2.32. The normalized spacial score (nSPS) is 21.9. The van der Waals surface area contributed by atoms with E-state index < -0.39 is 10.1 Å². The molecule has 0 saturated heterocycles. The van der Waals surface area contributed by atoms with Crippen molar-refractivity contribution in [2.45, 2.75) is 45.4 Å².